The first kappa shape index (κ1) is 14.7. The smallest absolute Gasteiger partial charge is 0.275 e. The zero-order valence-electron chi connectivity index (χ0n) is 11.7. The third kappa shape index (κ3) is 3.26. The van der Waals surface area contributed by atoms with Crippen LogP contribution in [0.15, 0.2) is 36.7 Å². The minimum atomic E-state index is -0.638. The Bertz CT molecular complexity index is 631. The van der Waals surface area contributed by atoms with E-state index < -0.39 is 23.7 Å². The topological polar surface area (TPSA) is 98.6 Å². The molecule has 3 N–H and O–H groups in total. The van der Waals surface area contributed by atoms with E-state index in [2.05, 4.69) is 15.3 Å². The highest BCUT2D eigenvalue weighted by Gasteiger charge is 2.22. The van der Waals surface area contributed by atoms with Crippen LogP contribution in [0.3, 0.4) is 0 Å². The van der Waals surface area contributed by atoms with E-state index in [-0.39, 0.29) is 5.69 Å². The third-order valence-electron chi connectivity index (χ3n) is 2.92. The molecule has 1 unspecified atom stereocenters. The molecule has 0 spiro atoms. The maximum absolute atomic E-state index is 12.2. The fraction of sp³-hybridized carbons (Fsp3) is 0.214. The molecule has 0 saturated carbocycles. The van der Waals surface area contributed by atoms with E-state index in [0.717, 1.165) is 11.9 Å². The molecule has 0 radical (unpaired) electrons. The molecule has 2 rings (SSSR count). The summed E-state index contributed by atoms with van der Waals surface area (Å²) in [5.41, 5.74) is 0.610. The van der Waals surface area contributed by atoms with Crippen LogP contribution in [0.2, 0.25) is 0 Å². The summed E-state index contributed by atoms with van der Waals surface area (Å²) in [6.07, 6.45) is 0.618. The number of nitrogens with one attached hydrogen (secondary N) is 1. The number of aromatic hydroxyl groups is 2. The molecular weight excluding hydrogens is 272 g/mol. The number of amides is 1. The Kier molecular flexibility index (Phi) is 4.34. The van der Waals surface area contributed by atoms with E-state index in [4.69, 9.17) is 0 Å². The summed E-state index contributed by atoms with van der Waals surface area (Å²) in [5.74, 6) is -1.87. The standard InChI is InChI=1S/C14H16N4O3/c1-18(2)12(9-6-4-3-5-7-9)17-13(20)10-11(19)14(21)16-8-15-10/h3-8,12,19H,1-2H3,(H,17,20)(H,15,16,21). The molecular formula is C14H16N4O3. The molecule has 7 nitrogen and oxygen atoms in total. The van der Waals surface area contributed by atoms with Crippen LogP contribution >= 0.6 is 0 Å². The van der Waals surface area contributed by atoms with Crippen molar-refractivity contribution >= 4 is 5.91 Å². The zero-order valence-corrected chi connectivity index (χ0v) is 11.7. The molecule has 0 bridgehead atoms. The van der Waals surface area contributed by atoms with Crippen LogP contribution in [0.5, 0.6) is 11.6 Å². The van der Waals surface area contributed by atoms with Gasteiger partial charge in [-0.05, 0) is 19.7 Å². The average Bonchev–Trinajstić information content (AvgIpc) is 2.48. The minimum Gasteiger partial charge on any atom is -0.501 e. The van der Waals surface area contributed by atoms with Crippen LogP contribution in [0, 0.1) is 0 Å². The van der Waals surface area contributed by atoms with Crippen molar-refractivity contribution in [3.05, 3.63) is 47.9 Å². The fourth-order valence-electron chi connectivity index (χ4n) is 1.87. The summed E-state index contributed by atoms with van der Waals surface area (Å²) in [7, 11) is 3.63. The monoisotopic (exact) mass is 288 g/mol. The number of aromatic nitrogens is 2. The van der Waals surface area contributed by atoms with Crippen molar-refractivity contribution < 1.29 is 15.0 Å². The first-order valence-electron chi connectivity index (χ1n) is 6.26. The Morgan fingerprint density at radius 3 is 2.48 bits per heavy atom. The summed E-state index contributed by atoms with van der Waals surface area (Å²) >= 11 is 0. The minimum absolute atomic E-state index is 0.273. The lowest BCUT2D eigenvalue weighted by molar-refractivity contribution is 0.0880. The van der Waals surface area contributed by atoms with Crippen LogP contribution < -0.4 is 5.32 Å². The number of hydrogen-bond donors (Lipinski definition) is 3. The Morgan fingerprint density at radius 2 is 1.86 bits per heavy atom. The van der Waals surface area contributed by atoms with Crippen molar-refractivity contribution in [3.8, 4) is 11.6 Å². The lowest BCUT2D eigenvalue weighted by Gasteiger charge is -2.25. The van der Waals surface area contributed by atoms with Gasteiger partial charge in [0.05, 0.1) is 0 Å². The van der Waals surface area contributed by atoms with Crippen molar-refractivity contribution in [1.82, 2.24) is 20.2 Å². The lowest BCUT2D eigenvalue weighted by Crippen LogP contribution is -2.37. The van der Waals surface area contributed by atoms with Crippen LogP contribution in [0.25, 0.3) is 0 Å². The zero-order chi connectivity index (χ0) is 15.4. The molecule has 0 aliphatic carbocycles. The quantitative estimate of drug-likeness (QED) is 0.722. The van der Waals surface area contributed by atoms with Gasteiger partial charge in [-0.25, -0.2) is 4.98 Å². The van der Waals surface area contributed by atoms with E-state index in [1.165, 1.54) is 0 Å². The van der Waals surface area contributed by atoms with Gasteiger partial charge >= 0.3 is 0 Å². The highest BCUT2D eigenvalue weighted by atomic mass is 16.3. The van der Waals surface area contributed by atoms with Gasteiger partial charge in [0.25, 0.3) is 11.8 Å². The number of carbonyl (C=O) groups excluding carboxylic acids is 1. The van der Waals surface area contributed by atoms with Gasteiger partial charge in [0, 0.05) is 0 Å². The van der Waals surface area contributed by atoms with Gasteiger partial charge in [0.2, 0.25) is 5.75 Å². The highest BCUT2D eigenvalue weighted by Crippen LogP contribution is 2.24. The Balaban J connectivity index is 2.25. The van der Waals surface area contributed by atoms with E-state index in [1.807, 2.05) is 49.3 Å². The van der Waals surface area contributed by atoms with Gasteiger partial charge in [0.15, 0.2) is 5.69 Å². The first-order chi connectivity index (χ1) is 10.0. The predicted octanol–water partition coefficient (Wildman–Crippen LogP) is 0.878. The molecule has 0 aliphatic rings. The lowest BCUT2D eigenvalue weighted by atomic mass is 10.1. The van der Waals surface area contributed by atoms with Gasteiger partial charge < -0.3 is 15.5 Å². The van der Waals surface area contributed by atoms with Gasteiger partial charge in [-0.1, -0.05) is 30.3 Å². The van der Waals surface area contributed by atoms with Gasteiger partial charge in [-0.3, -0.25) is 9.69 Å². The van der Waals surface area contributed by atoms with Crippen molar-refractivity contribution in [2.45, 2.75) is 6.17 Å². The Morgan fingerprint density at radius 1 is 1.19 bits per heavy atom. The number of carbonyl (C=O) groups is 1. The molecule has 0 saturated heterocycles. The Labute approximate surface area is 121 Å². The van der Waals surface area contributed by atoms with Crippen molar-refractivity contribution in [2.24, 2.45) is 0 Å². The number of rotatable bonds is 4. The highest BCUT2D eigenvalue weighted by molar-refractivity contribution is 5.95. The van der Waals surface area contributed by atoms with Crippen LogP contribution in [0.4, 0.5) is 0 Å². The van der Waals surface area contributed by atoms with Crippen LogP contribution in [-0.2, 0) is 0 Å². The summed E-state index contributed by atoms with van der Waals surface area (Å²) in [5, 5.41) is 21.7. The maximum Gasteiger partial charge on any atom is 0.275 e. The number of hydrogen-bond acceptors (Lipinski definition) is 6. The molecule has 21 heavy (non-hydrogen) atoms. The molecule has 0 fully saturated rings. The van der Waals surface area contributed by atoms with E-state index in [0.29, 0.717) is 0 Å². The fourth-order valence-corrected chi connectivity index (χ4v) is 1.87. The molecule has 1 atom stereocenters. The van der Waals surface area contributed by atoms with Gasteiger partial charge in [-0.2, -0.15) is 4.98 Å². The normalized spacial score (nSPS) is 12.1. The summed E-state index contributed by atoms with van der Waals surface area (Å²) < 4.78 is 0. The molecule has 0 aliphatic heterocycles. The van der Waals surface area contributed by atoms with Gasteiger partial charge in [-0.15, -0.1) is 0 Å². The molecule has 1 aromatic carbocycles. The van der Waals surface area contributed by atoms with Crippen LogP contribution in [-0.4, -0.2) is 45.1 Å². The second-order valence-corrected chi connectivity index (χ2v) is 4.64. The molecule has 1 aromatic heterocycles. The first-order valence-corrected chi connectivity index (χ1v) is 6.26. The maximum atomic E-state index is 12.2. The molecule has 110 valence electrons. The van der Waals surface area contributed by atoms with Crippen molar-refractivity contribution in [3.63, 3.8) is 0 Å². The van der Waals surface area contributed by atoms with E-state index in [9.17, 15) is 15.0 Å². The molecule has 1 heterocycles. The van der Waals surface area contributed by atoms with Crippen molar-refractivity contribution in [1.29, 1.82) is 0 Å². The number of nitrogens with zero attached hydrogens (tertiary/aromatic N) is 3. The second kappa shape index (κ2) is 6.19. The van der Waals surface area contributed by atoms with Crippen molar-refractivity contribution in [2.75, 3.05) is 14.1 Å². The van der Waals surface area contributed by atoms with E-state index >= 15 is 0 Å². The van der Waals surface area contributed by atoms with Crippen LogP contribution in [0.1, 0.15) is 22.2 Å². The largest absolute Gasteiger partial charge is 0.501 e. The molecule has 1 amide bonds. The summed E-state index contributed by atoms with van der Waals surface area (Å²) in [6.45, 7) is 0. The molecule has 2 aromatic rings. The second-order valence-electron chi connectivity index (χ2n) is 4.64. The van der Waals surface area contributed by atoms with E-state index in [1.54, 1.807) is 0 Å². The summed E-state index contributed by atoms with van der Waals surface area (Å²) in [4.78, 5) is 21.1. The van der Waals surface area contributed by atoms with Gasteiger partial charge in [0.1, 0.15) is 12.5 Å². The predicted molar refractivity (Wildman–Crippen MR) is 75.7 cm³/mol. The summed E-state index contributed by atoms with van der Waals surface area (Å²) in [6, 6.07) is 9.37. The number of benzene rings is 1. The Hall–Kier alpha value is -2.67. The third-order valence-corrected chi connectivity index (χ3v) is 2.92. The molecule has 7 heteroatoms. The SMILES string of the molecule is CN(C)C(NC(=O)c1ncnc(O)c1O)c1ccccc1. The average molecular weight is 288 g/mol.